The van der Waals surface area contributed by atoms with E-state index in [2.05, 4.69) is 10.6 Å². The highest BCUT2D eigenvalue weighted by atomic mass is 32.2. The summed E-state index contributed by atoms with van der Waals surface area (Å²) >= 11 is 1.54. The first-order valence-corrected chi connectivity index (χ1v) is 14.8. The van der Waals surface area contributed by atoms with Gasteiger partial charge in [0.2, 0.25) is 0 Å². The van der Waals surface area contributed by atoms with Crippen LogP contribution in [0.5, 0.6) is 0 Å². The summed E-state index contributed by atoms with van der Waals surface area (Å²) in [4.78, 5) is 24.9. The monoisotopic (exact) mass is 574 g/mol. The fraction of sp³-hybridized carbons (Fsp3) is 0.273. The standard InChI is InChI=1S/C31H31NO5S.C2H7N/c1-21-8-6-7-11-25(21)27-18-22(12-14-26(27)30(33)32-28(31(34)35)16-17-38-2)19-36-20-24-13-15-29(37-24)23-9-4-3-5-10-23;1-3-2/h3-15,18,28H,16-17,19-20H2,1-2H3,(H,32,33)(H,34,35);3H,1-2H3. The minimum Gasteiger partial charge on any atom is -0.480 e. The molecular formula is C33H38N2O5S. The van der Waals surface area contributed by atoms with Crippen molar-refractivity contribution in [2.45, 2.75) is 32.6 Å². The first-order valence-electron chi connectivity index (χ1n) is 13.4. The number of aliphatic carboxylic acids is 1. The van der Waals surface area contributed by atoms with E-state index >= 15 is 0 Å². The number of benzene rings is 3. The molecule has 0 fully saturated rings. The van der Waals surface area contributed by atoms with Crippen molar-refractivity contribution in [1.82, 2.24) is 10.6 Å². The van der Waals surface area contributed by atoms with E-state index in [0.29, 0.717) is 31.0 Å². The maximum absolute atomic E-state index is 13.2. The van der Waals surface area contributed by atoms with Gasteiger partial charge in [0.15, 0.2) is 0 Å². The first kappa shape index (κ1) is 31.7. The van der Waals surface area contributed by atoms with Crippen molar-refractivity contribution in [2.24, 2.45) is 0 Å². The Bertz CT molecular complexity index is 1400. The Balaban J connectivity index is 0.00000147. The molecule has 0 aliphatic carbocycles. The van der Waals surface area contributed by atoms with Gasteiger partial charge < -0.3 is 24.9 Å². The number of hydrogen-bond acceptors (Lipinski definition) is 6. The maximum Gasteiger partial charge on any atom is 0.326 e. The highest BCUT2D eigenvalue weighted by Crippen LogP contribution is 2.29. The molecule has 0 aliphatic rings. The normalized spacial score (nSPS) is 11.3. The van der Waals surface area contributed by atoms with Gasteiger partial charge in [-0.1, -0.05) is 60.7 Å². The Morgan fingerprint density at radius 1 is 0.927 bits per heavy atom. The molecule has 1 unspecified atom stereocenters. The molecule has 0 saturated carbocycles. The number of aryl methyl sites for hydroxylation is 1. The zero-order valence-electron chi connectivity index (χ0n) is 24.0. The average Bonchev–Trinajstić information content (AvgIpc) is 3.45. The minimum absolute atomic E-state index is 0.310. The maximum atomic E-state index is 13.2. The van der Waals surface area contributed by atoms with Crippen LogP contribution in [0, 0.1) is 6.92 Å². The number of carbonyl (C=O) groups excluding carboxylic acids is 1. The van der Waals surface area contributed by atoms with Crippen LogP contribution in [0.15, 0.2) is 89.3 Å². The highest BCUT2D eigenvalue weighted by molar-refractivity contribution is 7.98. The molecule has 1 aromatic heterocycles. The molecule has 1 amide bonds. The van der Waals surface area contributed by atoms with E-state index in [1.165, 1.54) is 0 Å². The zero-order chi connectivity index (χ0) is 29.6. The smallest absolute Gasteiger partial charge is 0.326 e. The van der Waals surface area contributed by atoms with Gasteiger partial charge in [-0.05, 0) is 86.0 Å². The number of carbonyl (C=O) groups is 2. The van der Waals surface area contributed by atoms with Gasteiger partial charge in [0.25, 0.3) is 5.91 Å². The van der Waals surface area contributed by atoms with Crippen LogP contribution in [0.3, 0.4) is 0 Å². The number of amides is 1. The number of rotatable bonds is 12. The molecule has 0 spiro atoms. The van der Waals surface area contributed by atoms with Gasteiger partial charge in [-0.15, -0.1) is 0 Å². The summed E-state index contributed by atoms with van der Waals surface area (Å²) in [5, 5.41) is 15.0. The Labute approximate surface area is 246 Å². The summed E-state index contributed by atoms with van der Waals surface area (Å²) in [6.45, 7) is 2.62. The highest BCUT2D eigenvalue weighted by Gasteiger charge is 2.22. The van der Waals surface area contributed by atoms with E-state index in [4.69, 9.17) is 9.15 Å². The number of furan rings is 1. The van der Waals surface area contributed by atoms with Gasteiger partial charge in [-0.25, -0.2) is 4.79 Å². The van der Waals surface area contributed by atoms with Gasteiger partial charge in [-0.3, -0.25) is 4.79 Å². The van der Waals surface area contributed by atoms with Crippen LogP contribution >= 0.6 is 11.8 Å². The topological polar surface area (TPSA) is 101 Å². The molecule has 4 rings (SSSR count). The van der Waals surface area contributed by atoms with Crippen LogP contribution in [-0.2, 0) is 22.7 Å². The fourth-order valence-electron chi connectivity index (χ4n) is 4.19. The summed E-state index contributed by atoms with van der Waals surface area (Å²) in [5.74, 6) is 0.708. The Hall–Kier alpha value is -3.85. The van der Waals surface area contributed by atoms with Crippen LogP contribution in [-0.4, -0.2) is 49.1 Å². The summed E-state index contributed by atoms with van der Waals surface area (Å²) < 4.78 is 11.9. The van der Waals surface area contributed by atoms with E-state index in [1.54, 1.807) is 17.8 Å². The van der Waals surface area contributed by atoms with Crippen molar-refractivity contribution in [1.29, 1.82) is 0 Å². The van der Waals surface area contributed by atoms with Crippen LogP contribution < -0.4 is 10.6 Å². The molecule has 1 atom stereocenters. The SMILES string of the molecule is CNC.CSCCC(NC(=O)c1ccc(COCc2ccc(-c3ccccc3)o2)cc1-c1ccccc1C)C(=O)O. The largest absolute Gasteiger partial charge is 0.480 e. The van der Waals surface area contributed by atoms with Crippen LogP contribution in [0.2, 0.25) is 0 Å². The third-order valence-corrected chi connectivity index (χ3v) is 6.85. The van der Waals surface area contributed by atoms with Crippen molar-refractivity contribution < 1.29 is 23.8 Å². The quantitative estimate of drug-likeness (QED) is 0.180. The van der Waals surface area contributed by atoms with E-state index < -0.39 is 17.9 Å². The first-order chi connectivity index (χ1) is 19.9. The molecule has 41 heavy (non-hydrogen) atoms. The predicted molar refractivity (Wildman–Crippen MR) is 166 cm³/mol. The van der Waals surface area contributed by atoms with Crippen LogP contribution in [0.25, 0.3) is 22.5 Å². The van der Waals surface area contributed by atoms with Crippen molar-refractivity contribution in [3.63, 3.8) is 0 Å². The van der Waals surface area contributed by atoms with Crippen molar-refractivity contribution in [3.05, 3.63) is 107 Å². The number of carboxylic acids is 1. The molecule has 4 aromatic rings. The molecule has 3 aromatic carbocycles. The van der Waals surface area contributed by atoms with E-state index in [1.807, 2.05) is 106 Å². The molecule has 0 radical (unpaired) electrons. The van der Waals surface area contributed by atoms with E-state index in [0.717, 1.165) is 39.3 Å². The minimum atomic E-state index is -1.04. The number of ether oxygens (including phenoxy) is 1. The molecule has 0 aliphatic heterocycles. The lowest BCUT2D eigenvalue weighted by atomic mass is 9.93. The lowest BCUT2D eigenvalue weighted by Crippen LogP contribution is -2.41. The van der Waals surface area contributed by atoms with Crippen LogP contribution in [0.4, 0.5) is 0 Å². The summed E-state index contributed by atoms with van der Waals surface area (Å²) in [5.41, 5.74) is 4.99. The summed E-state index contributed by atoms with van der Waals surface area (Å²) in [7, 11) is 3.75. The van der Waals surface area contributed by atoms with Gasteiger partial charge in [-0.2, -0.15) is 11.8 Å². The van der Waals surface area contributed by atoms with Gasteiger partial charge >= 0.3 is 5.97 Å². The van der Waals surface area contributed by atoms with Crippen LogP contribution in [0.1, 0.15) is 33.7 Å². The molecule has 0 bridgehead atoms. The number of nitrogens with one attached hydrogen (secondary N) is 2. The van der Waals surface area contributed by atoms with Crippen molar-refractivity contribution in [2.75, 3.05) is 26.1 Å². The third kappa shape index (κ3) is 9.35. The van der Waals surface area contributed by atoms with Gasteiger partial charge in [0, 0.05) is 11.1 Å². The van der Waals surface area contributed by atoms with E-state index in [-0.39, 0.29) is 0 Å². The zero-order valence-corrected chi connectivity index (χ0v) is 24.8. The van der Waals surface area contributed by atoms with Gasteiger partial charge in [0.05, 0.1) is 6.61 Å². The number of carboxylic acid groups (broad SMARTS) is 1. The summed E-state index contributed by atoms with van der Waals surface area (Å²) in [6, 6.07) is 26.1. The second-order valence-electron chi connectivity index (χ2n) is 9.47. The summed E-state index contributed by atoms with van der Waals surface area (Å²) in [6.07, 6.45) is 2.26. The second-order valence-corrected chi connectivity index (χ2v) is 10.5. The average molecular weight is 575 g/mol. The molecule has 216 valence electrons. The molecular weight excluding hydrogens is 536 g/mol. The van der Waals surface area contributed by atoms with Crippen molar-refractivity contribution in [3.8, 4) is 22.5 Å². The lowest BCUT2D eigenvalue weighted by molar-refractivity contribution is -0.139. The second kappa shape index (κ2) is 16.4. The van der Waals surface area contributed by atoms with Gasteiger partial charge in [0.1, 0.15) is 24.2 Å². The van der Waals surface area contributed by atoms with E-state index in [9.17, 15) is 14.7 Å². The lowest BCUT2D eigenvalue weighted by Gasteiger charge is -2.17. The third-order valence-electron chi connectivity index (χ3n) is 6.21. The predicted octanol–water partition coefficient (Wildman–Crippen LogP) is 6.41. The molecule has 0 saturated heterocycles. The Morgan fingerprint density at radius 2 is 1.63 bits per heavy atom. The number of thioether (sulfide) groups is 1. The fourth-order valence-corrected chi connectivity index (χ4v) is 4.66. The molecule has 8 heteroatoms. The Morgan fingerprint density at radius 3 is 2.32 bits per heavy atom. The molecule has 7 nitrogen and oxygen atoms in total. The van der Waals surface area contributed by atoms with Crippen molar-refractivity contribution >= 4 is 23.6 Å². The number of hydrogen-bond donors (Lipinski definition) is 3. The molecule has 3 N–H and O–H groups in total. The molecule has 1 heterocycles. The Kier molecular flexibility index (Phi) is 12.7.